The summed E-state index contributed by atoms with van der Waals surface area (Å²) in [6.45, 7) is 4.70. The zero-order valence-corrected chi connectivity index (χ0v) is 15.6. The van der Waals surface area contributed by atoms with Gasteiger partial charge in [0, 0.05) is 0 Å². The number of benzene rings is 1. The molecule has 3 aliphatic rings. The minimum atomic E-state index is 0.0596. The summed E-state index contributed by atoms with van der Waals surface area (Å²) in [6, 6.07) is 10.5. The quantitative estimate of drug-likeness (QED) is 0.448. The molecule has 1 saturated heterocycles. The number of fused-ring (bicyclic) bond motifs is 2. The molecule has 122 valence electrons. The second kappa shape index (κ2) is 5.79. The Labute approximate surface area is 144 Å². The Bertz CT molecular complexity index is 651. The summed E-state index contributed by atoms with van der Waals surface area (Å²) in [5.74, 6) is 0.461. The van der Waals surface area contributed by atoms with E-state index in [1.165, 1.54) is 23.7 Å². The summed E-state index contributed by atoms with van der Waals surface area (Å²) < 4.78 is 7.16. The average Bonchev–Trinajstić information content (AvgIpc) is 2.81. The molecule has 23 heavy (non-hydrogen) atoms. The maximum absolute atomic E-state index is 12.5. The molecule has 4 rings (SSSR count). The zero-order chi connectivity index (χ0) is 16.0. The molecule has 1 saturated carbocycles. The van der Waals surface area contributed by atoms with Gasteiger partial charge in [-0.3, -0.25) is 0 Å². The van der Waals surface area contributed by atoms with Gasteiger partial charge in [-0.25, -0.2) is 0 Å². The SMILES string of the molecule is CC1=C2C[C@H]3C([Se]c4ccccc4)C(=O)O[C@H]3C[C@]2(C)CCC1. The Morgan fingerprint density at radius 1 is 1.26 bits per heavy atom. The van der Waals surface area contributed by atoms with Crippen molar-refractivity contribution in [3.63, 3.8) is 0 Å². The van der Waals surface area contributed by atoms with Crippen LogP contribution < -0.4 is 4.46 Å². The maximum atomic E-state index is 12.5. The first-order valence-corrected chi connectivity index (χ1v) is 10.5. The van der Waals surface area contributed by atoms with Crippen LogP contribution >= 0.6 is 0 Å². The average molecular weight is 375 g/mol. The second-order valence-electron chi connectivity index (χ2n) is 7.57. The molecule has 1 aromatic rings. The summed E-state index contributed by atoms with van der Waals surface area (Å²) in [6.07, 6.45) is 6.06. The van der Waals surface area contributed by atoms with Gasteiger partial charge >= 0.3 is 145 Å². The van der Waals surface area contributed by atoms with Crippen molar-refractivity contribution in [2.45, 2.75) is 56.9 Å². The fraction of sp³-hybridized carbons (Fsp3) is 0.550. The first kappa shape index (κ1) is 15.5. The van der Waals surface area contributed by atoms with Crippen LogP contribution in [0.25, 0.3) is 0 Å². The van der Waals surface area contributed by atoms with Gasteiger partial charge in [-0.15, -0.1) is 0 Å². The number of ether oxygens (including phenoxy) is 1. The number of carbonyl (C=O) groups excluding carboxylic acids is 1. The molecule has 3 heteroatoms. The van der Waals surface area contributed by atoms with E-state index in [0.29, 0.717) is 5.92 Å². The summed E-state index contributed by atoms with van der Waals surface area (Å²) in [4.78, 5) is 12.6. The van der Waals surface area contributed by atoms with E-state index >= 15 is 0 Å². The van der Waals surface area contributed by atoms with Crippen LogP contribution in [0.15, 0.2) is 41.5 Å². The summed E-state index contributed by atoms with van der Waals surface area (Å²) in [5, 5.41) is 0. The molecule has 0 amide bonds. The van der Waals surface area contributed by atoms with Crippen LogP contribution in [0.2, 0.25) is 4.82 Å². The topological polar surface area (TPSA) is 26.3 Å². The standard InChI is InChI=1S/C20H24O2Se/c1-13-7-6-10-20(2)12-17-15(11-16(13)20)18(19(21)22-17)23-14-8-4-3-5-9-14/h3-5,8-9,15,17-18H,6-7,10-12H2,1-2H3/t15-,17+,18?,20+/m1/s1. The minimum absolute atomic E-state index is 0.0596. The van der Waals surface area contributed by atoms with Gasteiger partial charge in [0.15, 0.2) is 0 Å². The molecule has 1 aliphatic heterocycles. The Hall–Kier alpha value is -1.05. The van der Waals surface area contributed by atoms with Crippen LogP contribution in [0.1, 0.15) is 46.0 Å². The van der Waals surface area contributed by atoms with Gasteiger partial charge in [-0.2, -0.15) is 0 Å². The van der Waals surface area contributed by atoms with Crippen molar-refractivity contribution in [2.75, 3.05) is 0 Å². The fourth-order valence-corrected chi connectivity index (χ4v) is 7.30. The number of hydrogen-bond acceptors (Lipinski definition) is 2. The third-order valence-corrected chi connectivity index (χ3v) is 8.80. The van der Waals surface area contributed by atoms with Crippen molar-refractivity contribution < 1.29 is 9.53 Å². The van der Waals surface area contributed by atoms with Gasteiger partial charge < -0.3 is 0 Å². The zero-order valence-electron chi connectivity index (χ0n) is 13.9. The van der Waals surface area contributed by atoms with E-state index in [4.69, 9.17) is 4.74 Å². The fourth-order valence-electron chi connectivity index (χ4n) is 4.77. The molecule has 4 atom stereocenters. The van der Waals surface area contributed by atoms with E-state index in [-0.39, 0.29) is 37.3 Å². The Kier molecular flexibility index (Phi) is 3.90. The molecule has 0 N–H and O–H groups in total. The molecule has 0 radical (unpaired) electrons. The number of esters is 1. The van der Waals surface area contributed by atoms with Crippen LogP contribution in [-0.4, -0.2) is 27.0 Å². The van der Waals surface area contributed by atoms with Gasteiger partial charge in [0.2, 0.25) is 0 Å². The van der Waals surface area contributed by atoms with Crippen LogP contribution in [0, 0.1) is 11.3 Å². The van der Waals surface area contributed by atoms with Crippen molar-refractivity contribution in [3.05, 3.63) is 41.5 Å². The van der Waals surface area contributed by atoms with Gasteiger partial charge in [-0.1, -0.05) is 0 Å². The third kappa shape index (κ3) is 2.68. The van der Waals surface area contributed by atoms with E-state index in [9.17, 15) is 4.79 Å². The van der Waals surface area contributed by atoms with Crippen LogP contribution in [0.5, 0.6) is 0 Å². The summed E-state index contributed by atoms with van der Waals surface area (Å²) >= 11 is 0.175. The summed E-state index contributed by atoms with van der Waals surface area (Å²) in [7, 11) is 0. The molecule has 1 heterocycles. The Morgan fingerprint density at radius 2 is 2.04 bits per heavy atom. The molecule has 1 aromatic carbocycles. The Morgan fingerprint density at radius 3 is 2.83 bits per heavy atom. The van der Waals surface area contributed by atoms with Crippen LogP contribution in [0.4, 0.5) is 0 Å². The van der Waals surface area contributed by atoms with Crippen molar-refractivity contribution >= 4 is 25.4 Å². The number of hydrogen-bond donors (Lipinski definition) is 0. The first-order valence-electron chi connectivity index (χ1n) is 8.68. The number of allylic oxidation sites excluding steroid dienone is 2. The molecule has 2 fully saturated rings. The second-order valence-corrected chi connectivity index (χ2v) is 10.1. The molecule has 0 spiro atoms. The van der Waals surface area contributed by atoms with E-state index in [1.807, 2.05) is 6.07 Å². The molecule has 0 aromatic heterocycles. The molecular formula is C20H24O2Se. The van der Waals surface area contributed by atoms with Gasteiger partial charge in [0.05, 0.1) is 0 Å². The van der Waals surface area contributed by atoms with Crippen molar-refractivity contribution in [1.29, 1.82) is 0 Å². The molecular weight excluding hydrogens is 351 g/mol. The van der Waals surface area contributed by atoms with Gasteiger partial charge in [-0.05, 0) is 0 Å². The molecule has 1 unspecified atom stereocenters. The van der Waals surface area contributed by atoms with Gasteiger partial charge in [0.25, 0.3) is 0 Å². The van der Waals surface area contributed by atoms with Gasteiger partial charge in [0.1, 0.15) is 0 Å². The third-order valence-electron chi connectivity index (χ3n) is 5.99. The van der Waals surface area contributed by atoms with Crippen LogP contribution in [0.3, 0.4) is 0 Å². The number of carbonyl (C=O) groups is 1. The van der Waals surface area contributed by atoms with E-state index in [1.54, 1.807) is 11.1 Å². The summed E-state index contributed by atoms with van der Waals surface area (Å²) in [5.41, 5.74) is 3.51. The van der Waals surface area contributed by atoms with Crippen molar-refractivity contribution in [3.8, 4) is 0 Å². The molecule has 2 nitrogen and oxygen atoms in total. The van der Waals surface area contributed by atoms with E-state index < -0.39 is 0 Å². The van der Waals surface area contributed by atoms with Crippen molar-refractivity contribution in [1.82, 2.24) is 0 Å². The molecule has 0 bridgehead atoms. The predicted molar refractivity (Wildman–Crippen MR) is 92.8 cm³/mol. The monoisotopic (exact) mass is 376 g/mol. The molecule has 2 aliphatic carbocycles. The van der Waals surface area contributed by atoms with Crippen molar-refractivity contribution in [2.24, 2.45) is 11.3 Å². The number of rotatable bonds is 2. The van der Waals surface area contributed by atoms with E-state index in [0.717, 1.165) is 12.8 Å². The Balaban J connectivity index is 1.61. The predicted octanol–water partition coefficient (Wildman–Crippen LogP) is 3.65. The van der Waals surface area contributed by atoms with Crippen LogP contribution in [-0.2, 0) is 9.53 Å². The first-order chi connectivity index (χ1) is 11.1. The normalized spacial score (nSPS) is 36.4. The van der Waals surface area contributed by atoms with E-state index in [2.05, 4.69) is 38.1 Å².